The van der Waals surface area contributed by atoms with Crippen LogP contribution in [0.1, 0.15) is 18.4 Å². The number of esters is 1. The van der Waals surface area contributed by atoms with Crippen LogP contribution in [0, 0.1) is 11.7 Å². The third kappa shape index (κ3) is 2.84. The first-order chi connectivity index (χ1) is 9.95. The predicted molar refractivity (Wildman–Crippen MR) is 71.6 cm³/mol. The zero-order valence-electron chi connectivity index (χ0n) is 11.4. The topological polar surface area (TPSA) is 72.5 Å². The summed E-state index contributed by atoms with van der Waals surface area (Å²) in [6.45, 7) is 5.36. The number of hydrogen-bond donors (Lipinski definition) is 1. The number of carbonyl (C=O) groups is 3. The van der Waals surface area contributed by atoms with E-state index < -0.39 is 35.4 Å². The third-order valence-corrected chi connectivity index (χ3v) is 3.29. The summed E-state index contributed by atoms with van der Waals surface area (Å²) in [5, 5.41) is 2.08. The second-order valence-electron chi connectivity index (χ2n) is 4.60. The minimum absolute atomic E-state index is 0.0688. The molecule has 1 aromatic rings. The average Bonchev–Trinajstić information content (AvgIpc) is 2.44. The highest BCUT2D eigenvalue weighted by atomic mass is 19.1. The van der Waals surface area contributed by atoms with Crippen LogP contribution in [0.5, 0.6) is 0 Å². The predicted octanol–water partition coefficient (Wildman–Crippen LogP) is 1.30. The summed E-state index contributed by atoms with van der Waals surface area (Å²) in [6.07, 6.45) is 0. The lowest BCUT2D eigenvalue weighted by molar-refractivity contribution is -0.154. The lowest BCUT2D eigenvalue weighted by Crippen LogP contribution is -2.49. The van der Waals surface area contributed by atoms with Crippen LogP contribution in [0.2, 0.25) is 0 Å². The minimum Gasteiger partial charge on any atom is -0.465 e. The number of benzene rings is 1. The number of rotatable bonds is 3. The first-order valence-corrected chi connectivity index (χ1v) is 6.41. The fourth-order valence-corrected chi connectivity index (χ4v) is 2.30. The van der Waals surface area contributed by atoms with E-state index in [0.717, 1.165) is 0 Å². The molecule has 1 aliphatic rings. The van der Waals surface area contributed by atoms with Gasteiger partial charge in [0.2, 0.25) is 5.91 Å². The molecule has 110 valence electrons. The summed E-state index contributed by atoms with van der Waals surface area (Å²) in [7, 11) is 0. The summed E-state index contributed by atoms with van der Waals surface area (Å²) in [5.41, 5.74) is 0.530. The molecule has 0 spiro atoms. The minimum atomic E-state index is -1.21. The Kier molecular flexibility index (Phi) is 4.16. The summed E-state index contributed by atoms with van der Waals surface area (Å²) in [5.74, 6) is -4.64. The summed E-state index contributed by atoms with van der Waals surface area (Å²) < 4.78 is 17.9. The third-order valence-electron chi connectivity index (χ3n) is 3.29. The van der Waals surface area contributed by atoms with E-state index in [9.17, 15) is 18.8 Å². The molecule has 1 saturated heterocycles. The van der Waals surface area contributed by atoms with E-state index in [1.54, 1.807) is 6.92 Å². The molecule has 0 saturated carbocycles. The summed E-state index contributed by atoms with van der Waals surface area (Å²) >= 11 is 0. The van der Waals surface area contributed by atoms with Gasteiger partial charge in [0, 0.05) is 11.5 Å². The molecule has 0 unspecified atom stereocenters. The van der Waals surface area contributed by atoms with Crippen molar-refractivity contribution in [3.05, 3.63) is 47.8 Å². The Morgan fingerprint density at radius 3 is 2.52 bits per heavy atom. The number of amides is 2. The molecule has 2 atom stereocenters. The molecule has 1 aliphatic heterocycles. The van der Waals surface area contributed by atoms with Crippen molar-refractivity contribution in [2.45, 2.75) is 12.8 Å². The van der Waals surface area contributed by atoms with Gasteiger partial charge in [-0.15, -0.1) is 0 Å². The van der Waals surface area contributed by atoms with Crippen molar-refractivity contribution in [3.63, 3.8) is 0 Å². The monoisotopic (exact) mass is 291 g/mol. The number of halogens is 1. The normalized spacial score (nSPS) is 21.9. The van der Waals surface area contributed by atoms with Gasteiger partial charge in [0.15, 0.2) is 0 Å². The number of piperidine rings is 1. The molecule has 1 heterocycles. The van der Waals surface area contributed by atoms with Crippen LogP contribution in [-0.4, -0.2) is 24.4 Å². The maximum Gasteiger partial charge on any atom is 0.319 e. The van der Waals surface area contributed by atoms with Crippen molar-refractivity contribution in [1.29, 1.82) is 0 Å². The van der Waals surface area contributed by atoms with E-state index in [4.69, 9.17) is 4.74 Å². The van der Waals surface area contributed by atoms with Crippen LogP contribution in [-0.2, 0) is 19.1 Å². The molecular formula is C15H14FNO4. The second kappa shape index (κ2) is 5.87. The molecule has 6 heteroatoms. The van der Waals surface area contributed by atoms with Gasteiger partial charge in [-0.1, -0.05) is 18.7 Å². The van der Waals surface area contributed by atoms with Crippen LogP contribution in [0.3, 0.4) is 0 Å². The highest BCUT2D eigenvalue weighted by Crippen LogP contribution is 2.35. The quantitative estimate of drug-likeness (QED) is 0.394. The lowest BCUT2D eigenvalue weighted by atomic mass is 9.77. The highest BCUT2D eigenvalue weighted by molar-refractivity contribution is 6.15. The first-order valence-electron chi connectivity index (χ1n) is 6.41. The fourth-order valence-electron chi connectivity index (χ4n) is 2.30. The molecule has 1 fully saturated rings. The van der Waals surface area contributed by atoms with Crippen molar-refractivity contribution in [3.8, 4) is 0 Å². The largest absolute Gasteiger partial charge is 0.465 e. The second-order valence-corrected chi connectivity index (χ2v) is 4.60. The van der Waals surface area contributed by atoms with Gasteiger partial charge in [-0.05, 0) is 24.6 Å². The Hall–Kier alpha value is -2.50. The lowest BCUT2D eigenvalue weighted by Gasteiger charge is -2.30. The molecule has 2 rings (SSSR count). The van der Waals surface area contributed by atoms with E-state index in [-0.39, 0.29) is 12.2 Å². The van der Waals surface area contributed by atoms with Crippen molar-refractivity contribution in [2.75, 3.05) is 6.61 Å². The van der Waals surface area contributed by atoms with Crippen molar-refractivity contribution >= 4 is 17.8 Å². The summed E-state index contributed by atoms with van der Waals surface area (Å²) in [4.78, 5) is 35.7. The van der Waals surface area contributed by atoms with Crippen LogP contribution >= 0.6 is 0 Å². The van der Waals surface area contributed by atoms with Gasteiger partial charge < -0.3 is 4.74 Å². The zero-order valence-corrected chi connectivity index (χ0v) is 11.4. The van der Waals surface area contributed by atoms with Crippen molar-refractivity contribution in [2.24, 2.45) is 5.92 Å². The number of imide groups is 1. The Morgan fingerprint density at radius 1 is 1.33 bits per heavy atom. The number of ether oxygens (including phenoxy) is 1. The summed E-state index contributed by atoms with van der Waals surface area (Å²) in [6, 6.07) is 5.23. The van der Waals surface area contributed by atoms with Gasteiger partial charge in [0.25, 0.3) is 5.91 Å². The molecule has 1 aromatic carbocycles. The van der Waals surface area contributed by atoms with E-state index in [1.165, 1.54) is 24.3 Å². The van der Waals surface area contributed by atoms with Gasteiger partial charge in [-0.3, -0.25) is 19.7 Å². The van der Waals surface area contributed by atoms with E-state index in [0.29, 0.717) is 5.56 Å². The van der Waals surface area contributed by atoms with Gasteiger partial charge in [0.05, 0.1) is 6.61 Å². The number of hydrogen-bond acceptors (Lipinski definition) is 4. The molecule has 2 amide bonds. The molecule has 0 radical (unpaired) electrons. The van der Waals surface area contributed by atoms with Crippen LogP contribution in [0.25, 0.3) is 0 Å². The fraction of sp³-hybridized carbons (Fsp3) is 0.267. The Balaban J connectivity index is 2.45. The average molecular weight is 291 g/mol. The maximum atomic E-state index is 13.0. The maximum absolute atomic E-state index is 13.0. The molecule has 0 aromatic heterocycles. The van der Waals surface area contributed by atoms with Crippen molar-refractivity contribution in [1.82, 2.24) is 5.32 Å². The van der Waals surface area contributed by atoms with Crippen molar-refractivity contribution < 1.29 is 23.5 Å². The van der Waals surface area contributed by atoms with Crippen LogP contribution in [0.15, 0.2) is 36.4 Å². The Bertz CT molecular complexity index is 609. The van der Waals surface area contributed by atoms with E-state index >= 15 is 0 Å². The standard InChI is InChI=1S/C15H14FNO4/c1-3-21-15(20)12-11(8(2)13(18)17-14(12)19)9-4-6-10(16)7-5-9/h4-7,11-12H,2-3H2,1H3,(H,17,18,19)/t11-,12-/m1/s1. The van der Waals surface area contributed by atoms with Gasteiger partial charge >= 0.3 is 5.97 Å². The number of carbonyl (C=O) groups excluding carboxylic acids is 3. The van der Waals surface area contributed by atoms with E-state index in [1.807, 2.05) is 0 Å². The molecule has 0 aliphatic carbocycles. The SMILES string of the molecule is C=C1C(=O)NC(=O)[C@H](C(=O)OCC)[C@H]1c1ccc(F)cc1. The zero-order chi connectivity index (χ0) is 15.6. The van der Waals surface area contributed by atoms with Crippen LogP contribution < -0.4 is 5.32 Å². The van der Waals surface area contributed by atoms with E-state index in [2.05, 4.69) is 11.9 Å². The van der Waals surface area contributed by atoms with Gasteiger partial charge in [0.1, 0.15) is 11.7 Å². The molecule has 21 heavy (non-hydrogen) atoms. The first kappa shape index (κ1) is 14.9. The van der Waals surface area contributed by atoms with Gasteiger partial charge in [-0.2, -0.15) is 0 Å². The smallest absolute Gasteiger partial charge is 0.319 e. The van der Waals surface area contributed by atoms with Crippen LogP contribution in [0.4, 0.5) is 4.39 Å². The van der Waals surface area contributed by atoms with Gasteiger partial charge in [-0.25, -0.2) is 4.39 Å². The molecule has 0 bridgehead atoms. The Labute approximate surface area is 120 Å². The molecular weight excluding hydrogens is 277 g/mol. The Morgan fingerprint density at radius 2 is 1.95 bits per heavy atom. The molecule has 1 N–H and O–H groups in total. The number of nitrogens with one attached hydrogen (secondary N) is 1. The highest BCUT2D eigenvalue weighted by Gasteiger charge is 2.45. The molecule has 5 nitrogen and oxygen atoms in total.